The Morgan fingerprint density at radius 3 is 2.68 bits per heavy atom. The van der Waals surface area contributed by atoms with E-state index in [4.69, 9.17) is 17.3 Å². The van der Waals surface area contributed by atoms with Gasteiger partial charge in [-0.15, -0.1) is 0 Å². The summed E-state index contributed by atoms with van der Waals surface area (Å²) in [4.78, 5) is 34.3. The van der Waals surface area contributed by atoms with Gasteiger partial charge in [0.2, 0.25) is 0 Å². The second kappa shape index (κ2) is 7.39. The summed E-state index contributed by atoms with van der Waals surface area (Å²) in [5.41, 5.74) is 8.09. The molecule has 1 aromatic carbocycles. The Morgan fingerprint density at radius 1 is 1.23 bits per heavy atom. The number of nitrogens with one attached hydrogen (secondary N) is 1. The molecule has 1 aliphatic rings. The number of nitrogens with zero attached hydrogens (tertiary/aromatic N) is 4. The number of nitrogens with two attached hydrogens (primary N) is 1. The summed E-state index contributed by atoms with van der Waals surface area (Å²) in [5, 5.41) is 1.48. The van der Waals surface area contributed by atoms with Gasteiger partial charge in [0.15, 0.2) is 11.2 Å². The van der Waals surface area contributed by atoms with E-state index in [-0.39, 0.29) is 18.1 Å². The molecule has 1 aliphatic carbocycles. The Labute approximate surface area is 183 Å². The quantitative estimate of drug-likeness (QED) is 0.509. The molecule has 0 radical (unpaired) electrons. The van der Waals surface area contributed by atoms with Crippen molar-refractivity contribution in [3.05, 3.63) is 61.6 Å². The highest BCUT2D eigenvalue weighted by Crippen LogP contribution is 2.34. The minimum atomic E-state index is -0.415. The van der Waals surface area contributed by atoms with Crippen molar-refractivity contribution >= 4 is 33.7 Å². The molecule has 4 aromatic rings. The van der Waals surface area contributed by atoms with Crippen LogP contribution in [0, 0.1) is 5.92 Å². The molecule has 0 amide bonds. The van der Waals surface area contributed by atoms with Crippen molar-refractivity contribution in [3.63, 3.8) is 0 Å². The predicted octanol–water partition coefficient (Wildman–Crippen LogP) is 2.81. The second-order valence-electron chi connectivity index (χ2n) is 8.50. The number of rotatable bonds is 4. The van der Waals surface area contributed by atoms with Crippen molar-refractivity contribution in [2.75, 3.05) is 0 Å². The van der Waals surface area contributed by atoms with E-state index in [1.54, 1.807) is 18.7 Å². The number of fused-ring (bicyclic) bond motifs is 2. The Bertz CT molecular complexity index is 1420. The van der Waals surface area contributed by atoms with Crippen molar-refractivity contribution < 1.29 is 0 Å². The minimum Gasteiger partial charge on any atom is -0.357 e. The van der Waals surface area contributed by atoms with E-state index >= 15 is 0 Å². The highest BCUT2D eigenvalue weighted by molar-refractivity contribution is 6.35. The molecule has 3 aromatic heterocycles. The molecule has 5 rings (SSSR count). The van der Waals surface area contributed by atoms with E-state index in [1.807, 2.05) is 24.3 Å². The van der Waals surface area contributed by atoms with Gasteiger partial charge in [-0.05, 0) is 37.0 Å². The maximum absolute atomic E-state index is 13.4. The molecule has 3 heterocycles. The third-order valence-electron chi connectivity index (χ3n) is 6.60. The first-order valence-electron chi connectivity index (χ1n) is 10.5. The molecule has 0 saturated heterocycles. The molecule has 31 heavy (non-hydrogen) atoms. The topological polar surface area (TPSA) is 104 Å². The van der Waals surface area contributed by atoms with Crippen molar-refractivity contribution in [1.82, 2.24) is 23.7 Å². The Kier molecular flexibility index (Phi) is 4.79. The molecule has 3 N–H and O–H groups in total. The second-order valence-corrected chi connectivity index (χ2v) is 8.91. The Morgan fingerprint density at radius 2 is 1.97 bits per heavy atom. The molecule has 1 unspecified atom stereocenters. The van der Waals surface area contributed by atoms with E-state index in [1.165, 1.54) is 22.0 Å². The fourth-order valence-electron chi connectivity index (χ4n) is 4.86. The zero-order valence-electron chi connectivity index (χ0n) is 17.6. The number of halogens is 1. The lowest BCUT2D eigenvalue weighted by atomic mass is 9.98. The van der Waals surface area contributed by atoms with Crippen LogP contribution in [0.25, 0.3) is 22.1 Å². The first-order valence-corrected chi connectivity index (χ1v) is 10.9. The Balaban J connectivity index is 1.63. The standard InChI is InChI=1S/C22H25ClN6O2/c1-27-18-20(26-19(27)17(24)12-6-3-4-7-12)28(2)22(31)29(21(18)30)11-13-10-14-15(23)8-5-9-16(14)25-13/h5,8-10,12,17,25H,3-4,6-7,11,24H2,1-2H3. The highest BCUT2D eigenvalue weighted by atomic mass is 35.5. The normalized spacial score (nSPS) is 16.0. The zero-order chi connectivity index (χ0) is 21.9. The van der Waals surface area contributed by atoms with Crippen molar-refractivity contribution in [1.29, 1.82) is 0 Å². The number of aromatic nitrogens is 5. The smallest absolute Gasteiger partial charge is 0.332 e. The molecule has 1 atom stereocenters. The van der Waals surface area contributed by atoms with E-state index in [9.17, 15) is 9.59 Å². The zero-order valence-corrected chi connectivity index (χ0v) is 18.3. The molecule has 8 nitrogen and oxygen atoms in total. The highest BCUT2D eigenvalue weighted by Gasteiger charge is 2.28. The number of hydrogen-bond donors (Lipinski definition) is 2. The van der Waals surface area contributed by atoms with Gasteiger partial charge in [0.25, 0.3) is 5.56 Å². The summed E-state index contributed by atoms with van der Waals surface area (Å²) in [7, 11) is 3.44. The van der Waals surface area contributed by atoms with Gasteiger partial charge in [0, 0.05) is 35.7 Å². The first kappa shape index (κ1) is 20.1. The van der Waals surface area contributed by atoms with Gasteiger partial charge < -0.3 is 15.3 Å². The van der Waals surface area contributed by atoms with Crippen molar-refractivity contribution in [3.8, 4) is 0 Å². The third-order valence-corrected chi connectivity index (χ3v) is 6.93. The fraction of sp³-hybridized carbons (Fsp3) is 0.409. The van der Waals surface area contributed by atoms with Crippen LogP contribution < -0.4 is 17.0 Å². The van der Waals surface area contributed by atoms with Gasteiger partial charge >= 0.3 is 5.69 Å². The molecule has 9 heteroatoms. The van der Waals surface area contributed by atoms with Crippen molar-refractivity contribution in [2.24, 2.45) is 25.7 Å². The summed E-state index contributed by atoms with van der Waals surface area (Å²) in [5.74, 6) is 1.01. The summed E-state index contributed by atoms with van der Waals surface area (Å²) < 4.78 is 4.42. The van der Waals surface area contributed by atoms with Gasteiger partial charge in [-0.3, -0.25) is 13.9 Å². The van der Waals surface area contributed by atoms with Gasteiger partial charge in [0.05, 0.1) is 12.6 Å². The average molecular weight is 441 g/mol. The molecule has 1 fully saturated rings. The van der Waals surface area contributed by atoms with Gasteiger partial charge in [-0.1, -0.05) is 30.5 Å². The minimum absolute atomic E-state index is 0.113. The predicted molar refractivity (Wildman–Crippen MR) is 122 cm³/mol. The van der Waals surface area contributed by atoms with Crippen LogP contribution in [0.2, 0.25) is 5.02 Å². The van der Waals surface area contributed by atoms with Crippen LogP contribution >= 0.6 is 11.6 Å². The maximum Gasteiger partial charge on any atom is 0.332 e. The summed E-state index contributed by atoms with van der Waals surface area (Å²) >= 11 is 6.27. The lowest BCUT2D eigenvalue weighted by Gasteiger charge is -2.18. The molecular weight excluding hydrogens is 416 g/mol. The molecule has 162 valence electrons. The van der Waals surface area contributed by atoms with E-state index in [0.29, 0.717) is 27.9 Å². The Hall–Kier alpha value is -2.84. The number of aromatic amines is 1. The first-order chi connectivity index (χ1) is 14.9. The van der Waals surface area contributed by atoms with Crippen LogP contribution in [0.1, 0.15) is 43.2 Å². The number of hydrogen-bond acceptors (Lipinski definition) is 4. The number of imidazole rings is 1. The van der Waals surface area contributed by atoms with Gasteiger partial charge in [-0.2, -0.15) is 0 Å². The summed E-state index contributed by atoms with van der Waals surface area (Å²) in [6.45, 7) is 0.113. The fourth-order valence-corrected chi connectivity index (χ4v) is 5.09. The van der Waals surface area contributed by atoms with Crippen LogP contribution in [-0.2, 0) is 20.6 Å². The molecule has 0 bridgehead atoms. The number of benzene rings is 1. The molecule has 1 saturated carbocycles. The monoisotopic (exact) mass is 440 g/mol. The van der Waals surface area contributed by atoms with E-state index in [0.717, 1.165) is 29.4 Å². The molecule has 0 spiro atoms. The van der Waals surface area contributed by atoms with E-state index < -0.39 is 5.69 Å². The van der Waals surface area contributed by atoms with Crippen LogP contribution in [0.3, 0.4) is 0 Å². The lowest BCUT2D eigenvalue weighted by Crippen LogP contribution is -2.39. The molecular formula is C22H25ClN6O2. The number of aryl methyl sites for hydroxylation is 2. The number of H-pyrrole nitrogens is 1. The summed E-state index contributed by atoms with van der Waals surface area (Å²) in [6, 6.07) is 7.19. The maximum atomic E-state index is 13.4. The van der Waals surface area contributed by atoms with E-state index in [2.05, 4.69) is 9.97 Å². The van der Waals surface area contributed by atoms with Crippen molar-refractivity contribution in [2.45, 2.75) is 38.3 Å². The van der Waals surface area contributed by atoms with Crippen LogP contribution in [0.4, 0.5) is 0 Å². The largest absolute Gasteiger partial charge is 0.357 e. The van der Waals surface area contributed by atoms with Crippen LogP contribution in [-0.4, -0.2) is 23.7 Å². The van der Waals surface area contributed by atoms with Crippen LogP contribution in [0.5, 0.6) is 0 Å². The summed E-state index contributed by atoms with van der Waals surface area (Å²) in [6.07, 6.45) is 4.47. The third kappa shape index (κ3) is 3.13. The molecule has 0 aliphatic heterocycles. The SMILES string of the molecule is Cn1c(C(N)C2CCCC2)nc2c1c(=O)n(Cc1cc3c(Cl)cccc3[nH]1)c(=O)n2C. The van der Waals surface area contributed by atoms with Gasteiger partial charge in [-0.25, -0.2) is 9.78 Å². The lowest BCUT2D eigenvalue weighted by molar-refractivity contribution is 0.421. The average Bonchev–Trinajstić information content (AvgIpc) is 3.48. The van der Waals surface area contributed by atoms with Gasteiger partial charge in [0.1, 0.15) is 5.82 Å². The van der Waals surface area contributed by atoms with Crippen LogP contribution in [0.15, 0.2) is 33.9 Å².